The number of nitrogens with one attached hydrogen (secondary N) is 1. The Hall–Kier alpha value is -3.83. The smallest absolute Gasteiger partial charge is 0.148 e. The average Bonchev–Trinajstić information content (AvgIpc) is 3.35. The maximum Gasteiger partial charge on any atom is 0.148 e. The van der Waals surface area contributed by atoms with Crippen LogP contribution < -0.4 is 5.32 Å². The number of rotatable bonds is 6. The molecule has 0 atom stereocenters. The summed E-state index contributed by atoms with van der Waals surface area (Å²) in [4.78, 5) is 4.83. The number of anilines is 1. The summed E-state index contributed by atoms with van der Waals surface area (Å²) in [6.07, 6.45) is 0. The van der Waals surface area contributed by atoms with E-state index in [1.54, 1.807) is 11.3 Å². The molecule has 1 N–H and O–H groups in total. The van der Waals surface area contributed by atoms with Gasteiger partial charge in [0.1, 0.15) is 10.8 Å². The summed E-state index contributed by atoms with van der Waals surface area (Å²) >= 11 is 1.67. The van der Waals surface area contributed by atoms with Crippen LogP contribution >= 0.6 is 11.3 Å². The lowest BCUT2D eigenvalue weighted by Crippen LogP contribution is -2.02. The summed E-state index contributed by atoms with van der Waals surface area (Å²) in [6.45, 7) is 2.75. The minimum absolute atomic E-state index is 0.670. The van der Waals surface area contributed by atoms with Crippen molar-refractivity contribution in [1.82, 2.24) is 15.2 Å². The van der Waals surface area contributed by atoms with Gasteiger partial charge in [-0.15, -0.1) is 21.5 Å². The van der Waals surface area contributed by atoms with Gasteiger partial charge in [0.05, 0.1) is 11.4 Å². The zero-order valence-electron chi connectivity index (χ0n) is 17.7. The van der Waals surface area contributed by atoms with Crippen LogP contribution in [0, 0.1) is 6.92 Å². The molecular weight excluding hydrogens is 412 g/mol. The first-order chi connectivity index (χ1) is 15.7. The molecule has 5 rings (SSSR count). The van der Waals surface area contributed by atoms with Crippen LogP contribution in [0.3, 0.4) is 0 Å². The van der Waals surface area contributed by atoms with Crippen molar-refractivity contribution in [1.29, 1.82) is 0 Å². The summed E-state index contributed by atoms with van der Waals surface area (Å²) in [5.41, 5.74) is 7.62. The zero-order valence-corrected chi connectivity index (χ0v) is 18.5. The molecule has 2 aromatic heterocycles. The standard InChI is InChI=1S/C27H22N4S/c1-19-10-12-22(13-11-19)24-14-15-26(31-30-24)28-17-20-6-5-9-23(16-20)27-29-25(18-32-27)21-7-3-2-4-8-21/h2-16,18H,17H2,1H3,(H,28,31). The Labute approximate surface area is 191 Å². The molecule has 0 bridgehead atoms. The summed E-state index contributed by atoms with van der Waals surface area (Å²) < 4.78 is 0. The lowest BCUT2D eigenvalue weighted by atomic mass is 10.1. The molecule has 0 spiro atoms. The molecule has 0 saturated heterocycles. The molecule has 0 aliphatic rings. The largest absolute Gasteiger partial charge is 0.365 e. The van der Waals surface area contributed by atoms with Crippen LogP contribution in [0.5, 0.6) is 0 Å². The highest BCUT2D eigenvalue weighted by molar-refractivity contribution is 7.13. The highest BCUT2D eigenvalue weighted by Gasteiger charge is 2.08. The maximum atomic E-state index is 4.83. The summed E-state index contributed by atoms with van der Waals surface area (Å²) in [7, 11) is 0. The van der Waals surface area contributed by atoms with Crippen LogP contribution in [0.2, 0.25) is 0 Å². The number of benzene rings is 3. The van der Waals surface area contributed by atoms with Crippen LogP contribution in [0.1, 0.15) is 11.1 Å². The van der Waals surface area contributed by atoms with Crippen molar-refractivity contribution in [3.8, 4) is 33.1 Å². The lowest BCUT2D eigenvalue weighted by molar-refractivity contribution is 1.01. The Bertz CT molecular complexity index is 1310. The van der Waals surface area contributed by atoms with E-state index < -0.39 is 0 Å². The van der Waals surface area contributed by atoms with Crippen molar-refractivity contribution in [2.45, 2.75) is 13.5 Å². The molecule has 0 radical (unpaired) electrons. The summed E-state index contributed by atoms with van der Waals surface area (Å²) in [5.74, 6) is 0.756. The quantitative estimate of drug-likeness (QED) is 0.317. The van der Waals surface area contributed by atoms with E-state index in [9.17, 15) is 0 Å². The van der Waals surface area contributed by atoms with Gasteiger partial charge in [-0.2, -0.15) is 0 Å². The second-order valence-electron chi connectivity index (χ2n) is 7.63. The van der Waals surface area contributed by atoms with E-state index in [4.69, 9.17) is 4.98 Å². The molecular formula is C27H22N4S. The van der Waals surface area contributed by atoms with Gasteiger partial charge in [0.15, 0.2) is 0 Å². The van der Waals surface area contributed by atoms with E-state index in [0.29, 0.717) is 6.54 Å². The van der Waals surface area contributed by atoms with E-state index in [1.807, 2.05) is 30.3 Å². The first-order valence-corrected chi connectivity index (χ1v) is 11.4. The molecule has 0 unspecified atom stereocenters. The minimum Gasteiger partial charge on any atom is -0.365 e. The molecule has 0 fully saturated rings. The van der Waals surface area contributed by atoms with Gasteiger partial charge in [0.25, 0.3) is 0 Å². The first-order valence-electron chi connectivity index (χ1n) is 10.5. The number of thiazole rings is 1. The third-order valence-electron chi connectivity index (χ3n) is 5.23. The van der Waals surface area contributed by atoms with E-state index in [1.165, 1.54) is 11.1 Å². The van der Waals surface area contributed by atoms with E-state index in [0.717, 1.165) is 38.9 Å². The fourth-order valence-corrected chi connectivity index (χ4v) is 4.29. The third-order valence-corrected chi connectivity index (χ3v) is 6.12. The summed E-state index contributed by atoms with van der Waals surface area (Å²) in [5, 5.41) is 15.2. The highest BCUT2D eigenvalue weighted by Crippen LogP contribution is 2.29. The fraction of sp³-hybridized carbons (Fsp3) is 0.0741. The molecule has 0 amide bonds. The van der Waals surface area contributed by atoms with E-state index >= 15 is 0 Å². The molecule has 0 aliphatic heterocycles. The number of nitrogens with zero attached hydrogens (tertiary/aromatic N) is 3. The average molecular weight is 435 g/mol. The molecule has 4 nitrogen and oxygen atoms in total. The Balaban J connectivity index is 1.27. The van der Waals surface area contributed by atoms with Gasteiger partial charge >= 0.3 is 0 Å². The van der Waals surface area contributed by atoms with Gasteiger partial charge in [-0.05, 0) is 30.7 Å². The van der Waals surface area contributed by atoms with Gasteiger partial charge in [-0.25, -0.2) is 4.98 Å². The van der Waals surface area contributed by atoms with Gasteiger partial charge in [0, 0.05) is 28.6 Å². The van der Waals surface area contributed by atoms with Crippen molar-refractivity contribution in [2.24, 2.45) is 0 Å². The second kappa shape index (κ2) is 9.12. The molecule has 2 heterocycles. The van der Waals surface area contributed by atoms with Crippen LogP contribution in [-0.4, -0.2) is 15.2 Å². The molecule has 156 valence electrons. The van der Waals surface area contributed by atoms with Crippen LogP contribution in [0.15, 0.2) is 96.4 Å². The van der Waals surface area contributed by atoms with E-state index in [2.05, 4.69) is 88.5 Å². The molecule has 0 aliphatic carbocycles. The predicted octanol–water partition coefficient (Wildman–Crippen LogP) is 6.85. The zero-order chi connectivity index (χ0) is 21.8. The second-order valence-corrected chi connectivity index (χ2v) is 8.49. The molecule has 5 aromatic rings. The number of hydrogen-bond acceptors (Lipinski definition) is 5. The number of aromatic nitrogens is 3. The van der Waals surface area contributed by atoms with Crippen molar-refractivity contribution in [3.05, 3.63) is 108 Å². The SMILES string of the molecule is Cc1ccc(-c2ccc(NCc3cccc(-c4nc(-c5ccccc5)cs4)c3)nn2)cc1. The van der Waals surface area contributed by atoms with Gasteiger partial charge < -0.3 is 5.32 Å². The molecule has 32 heavy (non-hydrogen) atoms. The molecule has 3 aromatic carbocycles. The number of aryl methyl sites for hydroxylation is 1. The van der Waals surface area contributed by atoms with Crippen molar-refractivity contribution < 1.29 is 0 Å². The van der Waals surface area contributed by atoms with Crippen molar-refractivity contribution >= 4 is 17.2 Å². The Kier molecular flexibility index (Phi) is 5.73. The predicted molar refractivity (Wildman–Crippen MR) is 133 cm³/mol. The fourth-order valence-electron chi connectivity index (χ4n) is 3.46. The minimum atomic E-state index is 0.670. The maximum absolute atomic E-state index is 4.83. The van der Waals surface area contributed by atoms with Gasteiger partial charge in [-0.3, -0.25) is 0 Å². The van der Waals surface area contributed by atoms with Crippen LogP contribution in [0.4, 0.5) is 5.82 Å². The topological polar surface area (TPSA) is 50.7 Å². The Morgan fingerprint density at radius 3 is 2.28 bits per heavy atom. The highest BCUT2D eigenvalue weighted by atomic mass is 32.1. The molecule has 5 heteroatoms. The Morgan fingerprint density at radius 1 is 0.719 bits per heavy atom. The lowest BCUT2D eigenvalue weighted by Gasteiger charge is -2.07. The molecule has 0 saturated carbocycles. The van der Waals surface area contributed by atoms with Crippen molar-refractivity contribution in [3.63, 3.8) is 0 Å². The first kappa shape index (κ1) is 20.1. The van der Waals surface area contributed by atoms with Gasteiger partial charge in [0.2, 0.25) is 0 Å². The normalized spacial score (nSPS) is 10.8. The van der Waals surface area contributed by atoms with Gasteiger partial charge in [-0.1, -0.05) is 78.4 Å². The van der Waals surface area contributed by atoms with Crippen LogP contribution in [-0.2, 0) is 6.54 Å². The summed E-state index contributed by atoms with van der Waals surface area (Å²) in [6, 6.07) is 31.0. The van der Waals surface area contributed by atoms with Crippen molar-refractivity contribution in [2.75, 3.05) is 5.32 Å². The monoisotopic (exact) mass is 434 g/mol. The Morgan fingerprint density at radius 2 is 1.50 bits per heavy atom. The number of hydrogen-bond donors (Lipinski definition) is 1. The van der Waals surface area contributed by atoms with E-state index in [-0.39, 0.29) is 0 Å². The third kappa shape index (κ3) is 4.58. The van der Waals surface area contributed by atoms with Crippen LogP contribution in [0.25, 0.3) is 33.1 Å².